The second kappa shape index (κ2) is 3.86. The molecule has 0 radical (unpaired) electrons. The first-order valence-electron chi connectivity index (χ1n) is 4.40. The molecule has 1 aromatic carbocycles. The molecule has 0 N–H and O–H groups in total. The summed E-state index contributed by atoms with van der Waals surface area (Å²) < 4.78 is 0. The fraction of sp³-hybridized carbons (Fsp3) is 0.222. The van der Waals surface area contributed by atoms with Gasteiger partial charge in [0.2, 0.25) is 0 Å². The van der Waals surface area contributed by atoms with Crippen molar-refractivity contribution in [1.82, 2.24) is 4.90 Å². The zero-order valence-electron chi connectivity index (χ0n) is 7.76. The third kappa shape index (κ3) is 2.44. The third-order valence-corrected chi connectivity index (χ3v) is 2.29. The molecule has 1 heterocycles. The number of halogens is 1. The van der Waals surface area contributed by atoms with Gasteiger partial charge in [-0.2, -0.15) is 0 Å². The molecule has 1 fully saturated rings. The van der Waals surface area contributed by atoms with Gasteiger partial charge in [0.05, 0.1) is 10.6 Å². The molecule has 15 heavy (non-hydrogen) atoms. The van der Waals surface area contributed by atoms with Gasteiger partial charge >= 0.3 is 0 Å². The smallest absolute Gasteiger partial charge is 0.271 e. The van der Waals surface area contributed by atoms with Crippen molar-refractivity contribution in [2.24, 2.45) is 4.99 Å². The van der Waals surface area contributed by atoms with Gasteiger partial charge in [0.1, 0.15) is 0 Å². The van der Waals surface area contributed by atoms with Crippen molar-refractivity contribution in [3.8, 4) is 0 Å². The molecule has 0 unspecified atom stereocenters. The molecule has 5 nitrogen and oxygen atoms in total. The lowest BCUT2D eigenvalue weighted by Crippen LogP contribution is -2.00. The standard InChI is InChI=1S/C9H8ClN3O2/c10-9(12-4-5-12)11-7-2-1-3-8(6-7)13(14)15/h1-3,6H,4-5H2. The lowest BCUT2D eigenvalue weighted by atomic mass is 10.3. The quantitative estimate of drug-likeness (QED) is 0.194. The van der Waals surface area contributed by atoms with E-state index in [0.29, 0.717) is 11.0 Å². The Labute approximate surface area is 91.1 Å². The summed E-state index contributed by atoms with van der Waals surface area (Å²) in [6, 6.07) is 6.08. The fourth-order valence-electron chi connectivity index (χ4n) is 1.09. The van der Waals surface area contributed by atoms with Gasteiger partial charge in [-0.05, 0) is 17.7 Å². The van der Waals surface area contributed by atoms with Crippen molar-refractivity contribution in [2.45, 2.75) is 0 Å². The van der Waals surface area contributed by atoms with E-state index in [2.05, 4.69) is 4.99 Å². The minimum Gasteiger partial charge on any atom is -0.343 e. The van der Waals surface area contributed by atoms with Crippen LogP contribution in [0.25, 0.3) is 0 Å². The average Bonchev–Trinajstić information content (AvgIpc) is 3.01. The van der Waals surface area contributed by atoms with Crippen LogP contribution in [-0.4, -0.2) is 28.2 Å². The van der Waals surface area contributed by atoms with Gasteiger partial charge in [0.15, 0.2) is 5.29 Å². The molecule has 1 aliphatic rings. The maximum Gasteiger partial charge on any atom is 0.271 e. The largest absolute Gasteiger partial charge is 0.343 e. The van der Waals surface area contributed by atoms with Crippen molar-refractivity contribution in [1.29, 1.82) is 0 Å². The number of aliphatic imine (C=N–C) groups is 1. The van der Waals surface area contributed by atoms with E-state index in [0.717, 1.165) is 13.1 Å². The normalized spacial score (nSPS) is 15.3. The van der Waals surface area contributed by atoms with E-state index in [1.54, 1.807) is 12.1 Å². The van der Waals surface area contributed by atoms with Crippen LogP contribution < -0.4 is 0 Å². The van der Waals surface area contributed by atoms with E-state index in [1.807, 2.05) is 4.90 Å². The Morgan fingerprint density at radius 2 is 2.27 bits per heavy atom. The summed E-state index contributed by atoms with van der Waals surface area (Å²) in [5, 5.41) is 10.9. The first-order valence-corrected chi connectivity index (χ1v) is 4.78. The Balaban J connectivity index is 2.24. The van der Waals surface area contributed by atoms with Gasteiger partial charge < -0.3 is 4.90 Å². The molecule has 0 saturated carbocycles. The van der Waals surface area contributed by atoms with Crippen molar-refractivity contribution >= 4 is 28.3 Å². The molecule has 1 aromatic rings. The van der Waals surface area contributed by atoms with Crippen molar-refractivity contribution in [3.63, 3.8) is 0 Å². The lowest BCUT2D eigenvalue weighted by Gasteiger charge is -1.98. The highest BCUT2D eigenvalue weighted by molar-refractivity contribution is 6.65. The summed E-state index contributed by atoms with van der Waals surface area (Å²) in [4.78, 5) is 16.0. The number of amidine groups is 1. The Morgan fingerprint density at radius 3 is 2.87 bits per heavy atom. The first kappa shape index (κ1) is 9.92. The summed E-state index contributed by atoms with van der Waals surface area (Å²) in [5.41, 5.74) is 0.521. The number of hydrogen-bond acceptors (Lipinski definition) is 3. The molecular formula is C9H8ClN3O2. The van der Waals surface area contributed by atoms with Crippen LogP contribution in [0, 0.1) is 10.1 Å². The van der Waals surface area contributed by atoms with E-state index in [4.69, 9.17) is 11.6 Å². The lowest BCUT2D eigenvalue weighted by molar-refractivity contribution is -0.384. The van der Waals surface area contributed by atoms with E-state index in [-0.39, 0.29) is 5.69 Å². The average molecular weight is 226 g/mol. The first-order chi connectivity index (χ1) is 7.16. The summed E-state index contributed by atoms with van der Waals surface area (Å²) in [7, 11) is 0. The number of non-ortho nitro benzene ring substituents is 1. The van der Waals surface area contributed by atoms with Crippen LogP contribution in [-0.2, 0) is 0 Å². The second-order valence-corrected chi connectivity index (χ2v) is 3.48. The van der Waals surface area contributed by atoms with E-state index < -0.39 is 4.92 Å². The topological polar surface area (TPSA) is 58.5 Å². The fourth-order valence-corrected chi connectivity index (χ4v) is 1.35. The number of benzene rings is 1. The van der Waals surface area contributed by atoms with Crippen molar-refractivity contribution < 1.29 is 4.92 Å². The van der Waals surface area contributed by atoms with Gasteiger partial charge in [0, 0.05) is 25.2 Å². The number of nitro benzene ring substituents is 1. The minimum absolute atomic E-state index is 0.0199. The van der Waals surface area contributed by atoms with Crippen molar-refractivity contribution in [3.05, 3.63) is 34.4 Å². The minimum atomic E-state index is -0.454. The summed E-state index contributed by atoms with van der Waals surface area (Å²) in [6.45, 7) is 1.80. The van der Waals surface area contributed by atoms with Gasteiger partial charge in [0.25, 0.3) is 5.69 Å². The van der Waals surface area contributed by atoms with Crippen LogP contribution in [0.3, 0.4) is 0 Å². The van der Waals surface area contributed by atoms with Gasteiger partial charge in [-0.3, -0.25) is 10.1 Å². The Kier molecular flexibility index (Phi) is 2.55. The predicted octanol–water partition coefficient (Wildman–Crippen LogP) is 2.14. The molecule has 0 amide bonds. The van der Waals surface area contributed by atoms with Gasteiger partial charge in [-0.25, -0.2) is 4.99 Å². The maximum atomic E-state index is 10.5. The van der Waals surface area contributed by atoms with Gasteiger partial charge in [-0.15, -0.1) is 0 Å². The molecule has 0 atom stereocenters. The monoisotopic (exact) mass is 225 g/mol. The molecule has 1 saturated heterocycles. The molecule has 0 aromatic heterocycles. The van der Waals surface area contributed by atoms with Gasteiger partial charge in [-0.1, -0.05) is 6.07 Å². The second-order valence-electron chi connectivity index (χ2n) is 3.14. The van der Waals surface area contributed by atoms with E-state index >= 15 is 0 Å². The molecule has 2 rings (SSSR count). The summed E-state index contributed by atoms with van der Waals surface area (Å²) in [6.07, 6.45) is 0. The van der Waals surface area contributed by atoms with Crippen LogP contribution in [0.15, 0.2) is 29.3 Å². The highest BCUT2D eigenvalue weighted by Gasteiger charge is 2.20. The summed E-state index contributed by atoms with van der Waals surface area (Å²) in [5.74, 6) is 0. The Bertz CT molecular complexity index is 429. The molecule has 1 aliphatic heterocycles. The molecule has 78 valence electrons. The molecule has 0 spiro atoms. The molecule has 6 heteroatoms. The van der Waals surface area contributed by atoms with E-state index in [9.17, 15) is 10.1 Å². The highest BCUT2D eigenvalue weighted by atomic mass is 35.5. The van der Waals surface area contributed by atoms with Crippen LogP contribution in [0.5, 0.6) is 0 Å². The number of rotatable bonds is 2. The van der Waals surface area contributed by atoms with Crippen LogP contribution >= 0.6 is 11.6 Å². The SMILES string of the molecule is O=[N+]([O-])c1cccc(N=C(Cl)N2CC2)c1. The van der Waals surface area contributed by atoms with E-state index in [1.165, 1.54) is 12.1 Å². The van der Waals surface area contributed by atoms with Crippen LogP contribution in [0.1, 0.15) is 0 Å². The van der Waals surface area contributed by atoms with Crippen molar-refractivity contribution in [2.75, 3.05) is 13.1 Å². The number of nitro groups is 1. The molecular weight excluding hydrogens is 218 g/mol. The zero-order chi connectivity index (χ0) is 10.8. The Hall–Kier alpha value is -1.62. The van der Waals surface area contributed by atoms with Crippen LogP contribution in [0.4, 0.5) is 11.4 Å². The highest BCUT2D eigenvalue weighted by Crippen LogP contribution is 2.21. The third-order valence-electron chi connectivity index (χ3n) is 1.97. The van der Waals surface area contributed by atoms with Crippen LogP contribution in [0.2, 0.25) is 0 Å². The summed E-state index contributed by atoms with van der Waals surface area (Å²) >= 11 is 5.85. The number of hydrogen-bond donors (Lipinski definition) is 0. The maximum absolute atomic E-state index is 10.5. The number of nitrogens with zero attached hydrogens (tertiary/aromatic N) is 3. The molecule has 0 bridgehead atoms. The predicted molar refractivity (Wildman–Crippen MR) is 57.6 cm³/mol. The Morgan fingerprint density at radius 1 is 1.53 bits per heavy atom. The molecule has 0 aliphatic carbocycles. The zero-order valence-corrected chi connectivity index (χ0v) is 8.52.